The van der Waals surface area contributed by atoms with Crippen LogP contribution in [0, 0.1) is 0 Å². The number of benzene rings is 1. The van der Waals surface area contributed by atoms with E-state index in [0.29, 0.717) is 11.8 Å². The van der Waals surface area contributed by atoms with Crippen molar-refractivity contribution in [3.63, 3.8) is 0 Å². The Balaban J connectivity index is 2.34. The highest BCUT2D eigenvalue weighted by Gasteiger charge is 2.04. The van der Waals surface area contributed by atoms with Gasteiger partial charge in [-0.05, 0) is 29.7 Å². The molecule has 0 fully saturated rings. The molecule has 1 heterocycles. The van der Waals surface area contributed by atoms with Crippen molar-refractivity contribution >= 4 is 11.6 Å². The van der Waals surface area contributed by atoms with Crippen LogP contribution >= 0.6 is 11.6 Å². The smallest absolute Gasteiger partial charge is 0.0654 e. The first-order valence-electron chi connectivity index (χ1n) is 5.41. The first kappa shape index (κ1) is 11.2. The number of hydrogen-bond acceptors (Lipinski definition) is 1. The van der Waals surface area contributed by atoms with Crippen molar-refractivity contribution in [1.82, 2.24) is 9.78 Å². The molecule has 1 aromatic heterocycles. The van der Waals surface area contributed by atoms with Crippen molar-refractivity contribution in [3.8, 4) is 5.69 Å². The number of nitrogens with zero attached hydrogens (tertiary/aromatic N) is 2. The third-order valence-corrected chi connectivity index (χ3v) is 2.84. The van der Waals surface area contributed by atoms with Crippen LogP contribution in [0.25, 0.3) is 5.69 Å². The maximum absolute atomic E-state index is 5.81. The Kier molecular flexibility index (Phi) is 3.30. The summed E-state index contributed by atoms with van der Waals surface area (Å²) in [5.74, 6) is 0.990. The fraction of sp³-hybridized carbons (Fsp3) is 0.308. The predicted octanol–water partition coefficient (Wildman–Crippen LogP) is 3.73. The molecule has 0 aliphatic rings. The van der Waals surface area contributed by atoms with Gasteiger partial charge in [-0.2, -0.15) is 5.10 Å². The molecule has 2 nitrogen and oxygen atoms in total. The van der Waals surface area contributed by atoms with E-state index in [4.69, 9.17) is 11.6 Å². The lowest BCUT2D eigenvalue weighted by Gasteiger charge is -2.03. The quantitative estimate of drug-likeness (QED) is 0.740. The maximum Gasteiger partial charge on any atom is 0.0654 e. The van der Waals surface area contributed by atoms with Gasteiger partial charge in [0.1, 0.15) is 0 Å². The summed E-state index contributed by atoms with van der Waals surface area (Å²) in [5.41, 5.74) is 3.28. The Bertz CT molecular complexity index is 474. The first-order chi connectivity index (χ1) is 7.70. The van der Waals surface area contributed by atoms with Crippen molar-refractivity contribution in [2.45, 2.75) is 25.6 Å². The average Bonchev–Trinajstić information content (AvgIpc) is 2.78. The Morgan fingerprint density at radius 3 is 2.75 bits per heavy atom. The first-order valence-corrected chi connectivity index (χ1v) is 5.95. The third-order valence-electron chi connectivity index (χ3n) is 2.53. The van der Waals surface area contributed by atoms with Gasteiger partial charge in [-0.3, -0.25) is 0 Å². The standard InChI is InChI=1S/C13H15ClN2/c1-10(2)13-6-7-16(15-13)12-5-3-4-11(8-12)9-14/h3-8,10H,9H2,1-2H3. The van der Waals surface area contributed by atoms with E-state index in [9.17, 15) is 0 Å². The van der Waals surface area contributed by atoms with E-state index in [0.717, 1.165) is 16.9 Å². The topological polar surface area (TPSA) is 17.8 Å². The van der Waals surface area contributed by atoms with Crippen LogP contribution in [0.1, 0.15) is 31.0 Å². The minimum Gasteiger partial charge on any atom is -0.241 e. The monoisotopic (exact) mass is 234 g/mol. The van der Waals surface area contributed by atoms with Crippen LogP contribution in [0.4, 0.5) is 0 Å². The highest BCUT2D eigenvalue weighted by atomic mass is 35.5. The van der Waals surface area contributed by atoms with Gasteiger partial charge in [0.2, 0.25) is 0 Å². The lowest BCUT2D eigenvalue weighted by atomic mass is 10.1. The molecule has 0 spiro atoms. The van der Waals surface area contributed by atoms with E-state index in [-0.39, 0.29) is 0 Å². The number of rotatable bonds is 3. The highest BCUT2D eigenvalue weighted by Crippen LogP contribution is 2.15. The average molecular weight is 235 g/mol. The zero-order valence-electron chi connectivity index (χ0n) is 9.52. The van der Waals surface area contributed by atoms with Crippen molar-refractivity contribution in [1.29, 1.82) is 0 Å². The Labute approximate surface area is 101 Å². The van der Waals surface area contributed by atoms with Crippen LogP contribution in [-0.4, -0.2) is 9.78 Å². The van der Waals surface area contributed by atoms with Crippen LogP contribution in [0.5, 0.6) is 0 Å². The van der Waals surface area contributed by atoms with E-state index in [2.05, 4.69) is 31.1 Å². The van der Waals surface area contributed by atoms with Gasteiger partial charge < -0.3 is 0 Å². The summed E-state index contributed by atoms with van der Waals surface area (Å²) in [5, 5.41) is 4.53. The minimum atomic E-state index is 0.456. The van der Waals surface area contributed by atoms with Gasteiger partial charge in [-0.25, -0.2) is 4.68 Å². The van der Waals surface area contributed by atoms with Crippen LogP contribution in [-0.2, 0) is 5.88 Å². The summed E-state index contributed by atoms with van der Waals surface area (Å²) < 4.78 is 1.89. The molecule has 0 radical (unpaired) electrons. The number of halogens is 1. The second-order valence-electron chi connectivity index (χ2n) is 4.14. The van der Waals surface area contributed by atoms with Gasteiger partial charge in [0.05, 0.1) is 11.4 Å². The molecule has 0 amide bonds. The predicted molar refractivity (Wildman–Crippen MR) is 67.2 cm³/mol. The molecule has 84 valence electrons. The molecule has 2 rings (SSSR count). The maximum atomic E-state index is 5.81. The summed E-state index contributed by atoms with van der Waals surface area (Å²) in [6.07, 6.45) is 1.99. The lowest BCUT2D eigenvalue weighted by Crippen LogP contribution is -1.97. The Hall–Kier alpha value is -1.28. The van der Waals surface area contributed by atoms with Crippen LogP contribution in [0.2, 0.25) is 0 Å². The van der Waals surface area contributed by atoms with Crippen molar-refractivity contribution in [2.75, 3.05) is 0 Å². The number of hydrogen-bond donors (Lipinski definition) is 0. The third kappa shape index (κ3) is 2.27. The molecule has 3 heteroatoms. The molecule has 0 N–H and O–H groups in total. The summed E-state index contributed by atoms with van der Waals surface area (Å²) >= 11 is 5.81. The zero-order valence-corrected chi connectivity index (χ0v) is 10.3. The fourth-order valence-electron chi connectivity index (χ4n) is 1.57. The van der Waals surface area contributed by atoms with Gasteiger partial charge in [0, 0.05) is 12.1 Å². The van der Waals surface area contributed by atoms with E-state index < -0.39 is 0 Å². The summed E-state index contributed by atoms with van der Waals surface area (Å²) in [6, 6.07) is 10.2. The highest BCUT2D eigenvalue weighted by molar-refractivity contribution is 6.17. The molecule has 0 aliphatic heterocycles. The van der Waals surface area contributed by atoms with Crippen molar-refractivity contribution < 1.29 is 0 Å². The van der Waals surface area contributed by atoms with Gasteiger partial charge in [-0.1, -0.05) is 26.0 Å². The number of alkyl halides is 1. The molecule has 0 bridgehead atoms. The molecule has 0 saturated heterocycles. The second-order valence-corrected chi connectivity index (χ2v) is 4.41. The van der Waals surface area contributed by atoms with Gasteiger partial charge in [0.15, 0.2) is 0 Å². The minimum absolute atomic E-state index is 0.456. The van der Waals surface area contributed by atoms with E-state index in [1.54, 1.807) is 0 Å². The van der Waals surface area contributed by atoms with Crippen molar-refractivity contribution in [3.05, 3.63) is 47.8 Å². The SMILES string of the molecule is CC(C)c1ccn(-c2cccc(CCl)c2)n1. The van der Waals surface area contributed by atoms with E-state index >= 15 is 0 Å². The fourth-order valence-corrected chi connectivity index (χ4v) is 1.74. The Morgan fingerprint density at radius 1 is 1.31 bits per heavy atom. The van der Waals surface area contributed by atoms with Crippen LogP contribution in [0.15, 0.2) is 36.5 Å². The Morgan fingerprint density at radius 2 is 2.12 bits per heavy atom. The lowest BCUT2D eigenvalue weighted by molar-refractivity contribution is 0.768. The van der Waals surface area contributed by atoms with Crippen LogP contribution in [0.3, 0.4) is 0 Å². The van der Waals surface area contributed by atoms with E-state index in [1.165, 1.54) is 0 Å². The molecule has 0 saturated carbocycles. The van der Waals surface area contributed by atoms with Gasteiger partial charge in [0.25, 0.3) is 0 Å². The molecule has 2 aromatic rings. The van der Waals surface area contributed by atoms with Gasteiger partial charge in [-0.15, -0.1) is 11.6 Å². The van der Waals surface area contributed by atoms with Gasteiger partial charge >= 0.3 is 0 Å². The molecule has 1 aromatic carbocycles. The largest absolute Gasteiger partial charge is 0.241 e. The molecular weight excluding hydrogens is 220 g/mol. The molecule has 0 atom stereocenters. The summed E-state index contributed by atoms with van der Waals surface area (Å²) in [4.78, 5) is 0. The molecule has 16 heavy (non-hydrogen) atoms. The number of aromatic nitrogens is 2. The molecule has 0 unspecified atom stereocenters. The zero-order chi connectivity index (χ0) is 11.5. The normalized spacial score (nSPS) is 11.0. The second kappa shape index (κ2) is 4.71. The van der Waals surface area contributed by atoms with Crippen molar-refractivity contribution in [2.24, 2.45) is 0 Å². The summed E-state index contributed by atoms with van der Waals surface area (Å²) in [6.45, 7) is 4.28. The van der Waals surface area contributed by atoms with Crippen LogP contribution < -0.4 is 0 Å². The molecule has 0 aliphatic carbocycles. The summed E-state index contributed by atoms with van der Waals surface area (Å²) in [7, 11) is 0. The molecular formula is C13H15ClN2. The van der Waals surface area contributed by atoms with E-state index in [1.807, 2.05) is 29.1 Å².